The van der Waals surface area contributed by atoms with Gasteiger partial charge in [0.25, 0.3) is 0 Å². The first kappa shape index (κ1) is 10.1. The van der Waals surface area contributed by atoms with Crippen LogP contribution in [0.2, 0.25) is 0 Å². The van der Waals surface area contributed by atoms with Crippen molar-refractivity contribution in [3.63, 3.8) is 0 Å². The first-order chi connectivity index (χ1) is 5.70. The van der Waals surface area contributed by atoms with Crippen molar-refractivity contribution in [3.8, 4) is 5.75 Å². The van der Waals surface area contributed by atoms with Gasteiger partial charge in [-0.25, -0.2) is 0 Å². The highest BCUT2D eigenvalue weighted by Crippen LogP contribution is 2.32. The highest BCUT2D eigenvalue weighted by molar-refractivity contribution is 9.10. The average Bonchev–Trinajstić information content (AvgIpc) is 2.08. The summed E-state index contributed by atoms with van der Waals surface area (Å²) in [6.45, 7) is 2.07. The Hall–Kier alpha value is -0.0200. The van der Waals surface area contributed by atoms with Crippen molar-refractivity contribution in [2.24, 2.45) is 0 Å². The molecule has 0 saturated heterocycles. The number of benzene rings is 1. The Labute approximate surface area is 89.4 Å². The molecule has 0 spiro atoms. The molecule has 0 saturated carbocycles. The molecule has 66 valence electrons. The Bertz CT molecular complexity index is 255. The van der Waals surface area contributed by atoms with Crippen LogP contribution in [-0.4, -0.2) is 7.11 Å². The van der Waals surface area contributed by atoms with Crippen LogP contribution in [0.15, 0.2) is 16.6 Å². The maximum absolute atomic E-state index is 5.27. The van der Waals surface area contributed by atoms with Gasteiger partial charge in [0.1, 0.15) is 5.75 Å². The van der Waals surface area contributed by atoms with E-state index in [2.05, 4.69) is 44.8 Å². The molecule has 0 amide bonds. The topological polar surface area (TPSA) is 9.23 Å². The van der Waals surface area contributed by atoms with Gasteiger partial charge >= 0.3 is 0 Å². The first-order valence-corrected chi connectivity index (χ1v) is 5.50. The van der Waals surface area contributed by atoms with E-state index in [1.54, 1.807) is 7.11 Å². The highest BCUT2D eigenvalue weighted by atomic mass is 79.9. The van der Waals surface area contributed by atoms with Gasteiger partial charge < -0.3 is 4.74 Å². The van der Waals surface area contributed by atoms with Crippen molar-refractivity contribution in [3.05, 3.63) is 27.7 Å². The van der Waals surface area contributed by atoms with Gasteiger partial charge in [-0.3, -0.25) is 0 Å². The predicted molar refractivity (Wildman–Crippen MR) is 58.1 cm³/mol. The first-order valence-electron chi connectivity index (χ1n) is 3.58. The molecule has 12 heavy (non-hydrogen) atoms. The van der Waals surface area contributed by atoms with Crippen molar-refractivity contribution in [2.45, 2.75) is 12.3 Å². The zero-order valence-electron chi connectivity index (χ0n) is 7.03. The maximum Gasteiger partial charge on any atom is 0.137 e. The number of halogens is 2. The molecule has 0 N–H and O–H groups in total. The van der Waals surface area contributed by atoms with Crippen molar-refractivity contribution in [2.75, 3.05) is 7.11 Å². The fourth-order valence-electron chi connectivity index (χ4n) is 1.08. The summed E-state index contributed by atoms with van der Waals surface area (Å²) in [5.74, 6) is 0.923. The Balaban J connectivity index is 3.28. The Kier molecular flexibility index (Phi) is 3.59. The minimum Gasteiger partial charge on any atom is -0.495 e. The van der Waals surface area contributed by atoms with Crippen LogP contribution in [0.1, 0.15) is 11.1 Å². The van der Waals surface area contributed by atoms with Gasteiger partial charge in [-0.05, 0) is 34.5 Å². The van der Waals surface area contributed by atoms with Crippen LogP contribution in [0.3, 0.4) is 0 Å². The lowest BCUT2D eigenvalue weighted by molar-refractivity contribution is 0.408. The zero-order valence-corrected chi connectivity index (χ0v) is 10.2. The summed E-state index contributed by atoms with van der Waals surface area (Å²) in [6.07, 6.45) is 0. The number of hydrogen-bond acceptors (Lipinski definition) is 1. The highest BCUT2D eigenvalue weighted by Gasteiger charge is 2.08. The maximum atomic E-state index is 5.27. The van der Waals surface area contributed by atoms with Crippen LogP contribution in [0, 0.1) is 6.92 Å². The summed E-state index contributed by atoms with van der Waals surface area (Å²) in [5, 5.41) is 0.821. The molecule has 0 atom stereocenters. The largest absolute Gasteiger partial charge is 0.495 e. The fourth-order valence-corrected chi connectivity index (χ4v) is 2.31. The van der Waals surface area contributed by atoms with Crippen molar-refractivity contribution in [1.82, 2.24) is 0 Å². The number of ether oxygens (including phenoxy) is 1. The molecule has 0 aliphatic carbocycles. The summed E-state index contributed by atoms with van der Waals surface area (Å²) in [5.41, 5.74) is 2.44. The fraction of sp³-hybridized carbons (Fsp3) is 0.333. The zero-order chi connectivity index (χ0) is 9.14. The second-order valence-corrected chi connectivity index (χ2v) is 3.92. The van der Waals surface area contributed by atoms with Crippen molar-refractivity contribution >= 4 is 31.9 Å². The molecule has 0 radical (unpaired) electrons. The van der Waals surface area contributed by atoms with Crippen LogP contribution >= 0.6 is 31.9 Å². The van der Waals surface area contributed by atoms with Crippen molar-refractivity contribution in [1.29, 1.82) is 0 Å². The van der Waals surface area contributed by atoms with Gasteiger partial charge in [0.2, 0.25) is 0 Å². The molecule has 3 heteroatoms. The van der Waals surface area contributed by atoms with Gasteiger partial charge in [-0.2, -0.15) is 0 Å². The van der Waals surface area contributed by atoms with E-state index in [1.807, 2.05) is 6.07 Å². The summed E-state index contributed by atoms with van der Waals surface area (Å²) in [7, 11) is 1.69. The van der Waals surface area contributed by atoms with E-state index in [-0.39, 0.29) is 0 Å². The molecule has 0 aromatic heterocycles. The molecule has 1 rings (SSSR count). The number of alkyl halides is 1. The summed E-state index contributed by atoms with van der Waals surface area (Å²) < 4.78 is 6.28. The van der Waals surface area contributed by atoms with Crippen LogP contribution in [-0.2, 0) is 5.33 Å². The lowest BCUT2D eigenvalue weighted by Crippen LogP contribution is -1.93. The van der Waals surface area contributed by atoms with Gasteiger partial charge in [-0.15, -0.1) is 0 Å². The Morgan fingerprint density at radius 3 is 2.50 bits per heavy atom. The molecule has 1 aromatic rings. The van der Waals surface area contributed by atoms with E-state index >= 15 is 0 Å². The third kappa shape index (κ3) is 1.83. The van der Waals surface area contributed by atoms with E-state index in [4.69, 9.17) is 4.74 Å². The number of hydrogen-bond donors (Lipinski definition) is 0. The average molecular weight is 294 g/mol. The molecule has 1 aromatic carbocycles. The SMILES string of the molecule is COc1c(Br)ccc(C)c1CBr. The molecule has 0 fully saturated rings. The lowest BCUT2D eigenvalue weighted by atomic mass is 10.1. The number of rotatable bonds is 2. The minimum atomic E-state index is 0.821. The minimum absolute atomic E-state index is 0.821. The number of methoxy groups -OCH3 is 1. The van der Waals surface area contributed by atoms with Crippen LogP contribution in [0.5, 0.6) is 5.75 Å². The molecular formula is C9H10Br2O. The Morgan fingerprint density at radius 1 is 1.42 bits per heavy atom. The van der Waals surface area contributed by atoms with Gasteiger partial charge in [0, 0.05) is 10.9 Å². The third-order valence-electron chi connectivity index (χ3n) is 1.78. The second kappa shape index (κ2) is 4.28. The quantitative estimate of drug-likeness (QED) is 0.756. The molecule has 1 nitrogen and oxygen atoms in total. The van der Waals surface area contributed by atoms with Gasteiger partial charge in [0.05, 0.1) is 11.6 Å². The second-order valence-electron chi connectivity index (χ2n) is 2.51. The molecule has 0 bridgehead atoms. The van der Waals surface area contributed by atoms with Gasteiger partial charge in [0.15, 0.2) is 0 Å². The predicted octanol–water partition coefficient (Wildman–Crippen LogP) is 3.66. The van der Waals surface area contributed by atoms with E-state index < -0.39 is 0 Å². The molecular weight excluding hydrogens is 284 g/mol. The normalized spacial score (nSPS) is 10.0. The van der Waals surface area contributed by atoms with Crippen LogP contribution in [0.25, 0.3) is 0 Å². The van der Waals surface area contributed by atoms with E-state index in [0.717, 1.165) is 15.6 Å². The van der Waals surface area contributed by atoms with Crippen LogP contribution < -0.4 is 4.74 Å². The lowest BCUT2D eigenvalue weighted by Gasteiger charge is -2.10. The monoisotopic (exact) mass is 292 g/mol. The van der Waals surface area contributed by atoms with Crippen LogP contribution in [0.4, 0.5) is 0 Å². The summed E-state index contributed by atoms with van der Waals surface area (Å²) in [4.78, 5) is 0. The standard InChI is InChI=1S/C9H10Br2O/c1-6-3-4-8(11)9(12-2)7(6)5-10/h3-4H,5H2,1-2H3. The van der Waals surface area contributed by atoms with E-state index in [0.29, 0.717) is 0 Å². The molecule has 0 aliphatic rings. The molecule has 0 aliphatic heterocycles. The van der Waals surface area contributed by atoms with E-state index in [9.17, 15) is 0 Å². The molecule has 0 heterocycles. The Morgan fingerprint density at radius 2 is 2.08 bits per heavy atom. The van der Waals surface area contributed by atoms with Crippen molar-refractivity contribution < 1.29 is 4.74 Å². The number of aryl methyl sites for hydroxylation is 1. The smallest absolute Gasteiger partial charge is 0.137 e. The molecule has 0 unspecified atom stereocenters. The third-order valence-corrected chi connectivity index (χ3v) is 2.97. The summed E-state index contributed by atoms with van der Waals surface area (Å²) in [6, 6.07) is 4.07. The van der Waals surface area contributed by atoms with E-state index in [1.165, 1.54) is 11.1 Å². The van der Waals surface area contributed by atoms with Gasteiger partial charge in [-0.1, -0.05) is 22.0 Å². The summed E-state index contributed by atoms with van der Waals surface area (Å²) >= 11 is 6.87.